The Morgan fingerprint density at radius 2 is 1.76 bits per heavy atom. The van der Waals surface area contributed by atoms with Gasteiger partial charge in [-0.15, -0.1) is 24.0 Å². The summed E-state index contributed by atoms with van der Waals surface area (Å²) in [5.74, 6) is 2.31. The number of aliphatic imine (C=N–C) groups is 1. The summed E-state index contributed by atoms with van der Waals surface area (Å²) < 4.78 is 0. The molecule has 3 aliphatic rings. The molecule has 2 aliphatic heterocycles. The summed E-state index contributed by atoms with van der Waals surface area (Å²) in [4.78, 5) is 22.2. The molecule has 0 radical (unpaired) electrons. The highest BCUT2D eigenvalue weighted by atomic mass is 127. The minimum Gasteiger partial charge on any atom is -0.357 e. The van der Waals surface area contributed by atoms with Crippen molar-refractivity contribution in [3.8, 4) is 0 Å². The molecule has 0 aromatic heterocycles. The zero-order chi connectivity index (χ0) is 19.8. The van der Waals surface area contributed by atoms with E-state index in [1.54, 1.807) is 0 Å². The van der Waals surface area contributed by atoms with Crippen LogP contribution in [0.25, 0.3) is 0 Å². The van der Waals surface area contributed by atoms with Crippen LogP contribution in [0.4, 0.5) is 0 Å². The largest absolute Gasteiger partial charge is 0.357 e. The number of carbonyl (C=O) groups is 1. The van der Waals surface area contributed by atoms with E-state index in [0.29, 0.717) is 23.8 Å². The highest BCUT2D eigenvalue weighted by Gasteiger charge is 2.32. The van der Waals surface area contributed by atoms with Crippen LogP contribution < -0.4 is 10.6 Å². The van der Waals surface area contributed by atoms with E-state index in [1.807, 2.05) is 0 Å². The number of halogens is 1. The van der Waals surface area contributed by atoms with Crippen LogP contribution in [0, 0.1) is 11.8 Å². The Morgan fingerprint density at radius 3 is 2.41 bits per heavy atom. The molecule has 0 aromatic carbocycles. The SMILES string of the molecule is CCCN1CCC(CN=C(NCC)NC2CCN(C(=O)C3CCCC3)C2)CC1.I. The molecule has 1 unspecified atom stereocenters. The minimum absolute atomic E-state index is 0. The standard InChI is InChI=1S/C22H41N5O.HI/c1-3-12-26-13-9-18(10-14-26)16-24-22(23-4-2)25-20-11-15-27(17-20)21(28)19-7-5-6-8-19;/h18-20H,3-17H2,1-2H3,(H2,23,24,25);1H. The molecule has 0 spiro atoms. The molecule has 1 atom stereocenters. The molecule has 168 valence electrons. The zero-order valence-electron chi connectivity index (χ0n) is 18.5. The van der Waals surface area contributed by atoms with E-state index in [0.717, 1.165) is 51.4 Å². The Kier molecular flexibility index (Phi) is 11.0. The van der Waals surface area contributed by atoms with Gasteiger partial charge in [-0.2, -0.15) is 0 Å². The predicted molar refractivity (Wildman–Crippen MR) is 131 cm³/mol. The lowest BCUT2D eigenvalue weighted by molar-refractivity contribution is -0.134. The van der Waals surface area contributed by atoms with Crippen molar-refractivity contribution < 1.29 is 4.79 Å². The van der Waals surface area contributed by atoms with Gasteiger partial charge >= 0.3 is 0 Å². The summed E-state index contributed by atoms with van der Waals surface area (Å²) in [6.45, 7) is 11.6. The van der Waals surface area contributed by atoms with Crippen molar-refractivity contribution >= 4 is 35.8 Å². The highest BCUT2D eigenvalue weighted by Crippen LogP contribution is 2.27. The normalized spacial score (nSPS) is 24.6. The van der Waals surface area contributed by atoms with Gasteiger partial charge in [-0.1, -0.05) is 19.8 Å². The van der Waals surface area contributed by atoms with E-state index in [4.69, 9.17) is 4.99 Å². The third-order valence-electron chi connectivity index (χ3n) is 6.64. The first-order chi connectivity index (χ1) is 13.7. The van der Waals surface area contributed by atoms with Gasteiger partial charge < -0.3 is 20.4 Å². The van der Waals surface area contributed by atoms with Crippen molar-refractivity contribution in [1.29, 1.82) is 0 Å². The van der Waals surface area contributed by atoms with E-state index < -0.39 is 0 Å². The number of amides is 1. The van der Waals surface area contributed by atoms with Gasteiger partial charge in [0.2, 0.25) is 5.91 Å². The lowest BCUT2D eigenvalue weighted by Gasteiger charge is -2.31. The van der Waals surface area contributed by atoms with Crippen LogP contribution in [0.2, 0.25) is 0 Å². The first-order valence-corrected chi connectivity index (χ1v) is 11.8. The number of carbonyl (C=O) groups excluding carboxylic acids is 1. The molecule has 0 bridgehead atoms. The number of hydrogen-bond acceptors (Lipinski definition) is 3. The van der Waals surface area contributed by atoms with Crippen LogP contribution in [-0.4, -0.2) is 73.5 Å². The van der Waals surface area contributed by atoms with Crippen molar-refractivity contribution in [3.63, 3.8) is 0 Å². The number of rotatable bonds is 7. The Bertz CT molecular complexity index is 515. The average Bonchev–Trinajstić information content (AvgIpc) is 3.39. The maximum absolute atomic E-state index is 12.7. The van der Waals surface area contributed by atoms with Crippen molar-refractivity contribution in [2.75, 3.05) is 45.8 Å². The highest BCUT2D eigenvalue weighted by molar-refractivity contribution is 14.0. The zero-order valence-corrected chi connectivity index (χ0v) is 20.8. The van der Waals surface area contributed by atoms with Gasteiger partial charge in [-0.25, -0.2) is 0 Å². The Balaban J connectivity index is 0.00000300. The fourth-order valence-corrected chi connectivity index (χ4v) is 4.95. The van der Waals surface area contributed by atoms with Gasteiger partial charge in [-0.05, 0) is 71.0 Å². The maximum Gasteiger partial charge on any atom is 0.225 e. The first-order valence-electron chi connectivity index (χ1n) is 11.8. The molecule has 1 aliphatic carbocycles. The molecule has 6 nitrogen and oxygen atoms in total. The predicted octanol–water partition coefficient (Wildman–Crippen LogP) is 3.07. The van der Waals surface area contributed by atoms with Crippen LogP contribution >= 0.6 is 24.0 Å². The lowest BCUT2D eigenvalue weighted by Crippen LogP contribution is -2.45. The number of nitrogens with one attached hydrogen (secondary N) is 2. The maximum atomic E-state index is 12.7. The van der Waals surface area contributed by atoms with Gasteiger partial charge in [0.05, 0.1) is 0 Å². The van der Waals surface area contributed by atoms with Crippen molar-refractivity contribution in [2.45, 2.75) is 71.3 Å². The number of nitrogens with zero attached hydrogens (tertiary/aromatic N) is 3. The molecule has 0 aromatic rings. The third kappa shape index (κ3) is 7.56. The molecule has 2 N–H and O–H groups in total. The van der Waals surface area contributed by atoms with Gasteiger partial charge in [0.25, 0.3) is 0 Å². The second-order valence-electron chi connectivity index (χ2n) is 8.90. The monoisotopic (exact) mass is 519 g/mol. The summed E-state index contributed by atoms with van der Waals surface area (Å²) in [7, 11) is 0. The number of hydrogen-bond donors (Lipinski definition) is 2. The molecule has 2 saturated heterocycles. The first kappa shape index (κ1) is 24.7. The Hall–Kier alpha value is -0.570. The summed E-state index contributed by atoms with van der Waals surface area (Å²) in [5, 5.41) is 7.00. The van der Waals surface area contributed by atoms with Crippen molar-refractivity contribution in [3.05, 3.63) is 0 Å². The smallest absolute Gasteiger partial charge is 0.225 e. The van der Waals surface area contributed by atoms with E-state index in [-0.39, 0.29) is 24.0 Å². The van der Waals surface area contributed by atoms with Gasteiger partial charge in [-0.3, -0.25) is 9.79 Å². The summed E-state index contributed by atoms with van der Waals surface area (Å²) in [6.07, 6.45) is 9.42. The van der Waals surface area contributed by atoms with E-state index >= 15 is 0 Å². The second-order valence-corrected chi connectivity index (χ2v) is 8.90. The Morgan fingerprint density at radius 1 is 1.03 bits per heavy atom. The molecular formula is C22H42IN5O. The fourth-order valence-electron chi connectivity index (χ4n) is 4.95. The Labute approximate surface area is 194 Å². The lowest BCUT2D eigenvalue weighted by atomic mass is 9.97. The van der Waals surface area contributed by atoms with Gasteiger partial charge in [0, 0.05) is 38.1 Å². The summed E-state index contributed by atoms with van der Waals surface area (Å²) in [5.41, 5.74) is 0. The van der Waals surface area contributed by atoms with Crippen molar-refractivity contribution in [2.24, 2.45) is 16.8 Å². The van der Waals surface area contributed by atoms with E-state index in [1.165, 1.54) is 51.7 Å². The quantitative estimate of drug-likeness (QED) is 0.309. The number of likely N-dealkylation sites (tertiary alicyclic amines) is 2. The average molecular weight is 520 g/mol. The topological polar surface area (TPSA) is 60.0 Å². The fraction of sp³-hybridized carbons (Fsp3) is 0.909. The second kappa shape index (κ2) is 13.0. The van der Waals surface area contributed by atoms with Gasteiger partial charge in [0.15, 0.2) is 5.96 Å². The van der Waals surface area contributed by atoms with Crippen LogP contribution in [-0.2, 0) is 4.79 Å². The van der Waals surface area contributed by atoms with Crippen LogP contribution in [0.3, 0.4) is 0 Å². The van der Waals surface area contributed by atoms with Gasteiger partial charge in [0.1, 0.15) is 0 Å². The molecule has 1 amide bonds. The number of piperidine rings is 1. The van der Waals surface area contributed by atoms with E-state index in [9.17, 15) is 4.79 Å². The molecular weight excluding hydrogens is 477 g/mol. The molecule has 1 saturated carbocycles. The van der Waals surface area contributed by atoms with Crippen LogP contribution in [0.5, 0.6) is 0 Å². The van der Waals surface area contributed by atoms with Crippen LogP contribution in [0.1, 0.15) is 65.2 Å². The third-order valence-corrected chi connectivity index (χ3v) is 6.64. The molecule has 7 heteroatoms. The summed E-state index contributed by atoms with van der Waals surface area (Å²) in [6, 6.07) is 0.328. The van der Waals surface area contributed by atoms with Crippen molar-refractivity contribution in [1.82, 2.24) is 20.4 Å². The van der Waals surface area contributed by atoms with Crippen LogP contribution in [0.15, 0.2) is 4.99 Å². The number of guanidine groups is 1. The molecule has 29 heavy (non-hydrogen) atoms. The molecule has 3 fully saturated rings. The summed E-state index contributed by atoms with van der Waals surface area (Å²) >= 11 is 0. The molecule has 2 heterocycles. The van der Waals surface area contributed by atoms with E-state index in [2.05, 4.69) is 34.3 Å². The minimum atomic E-state index is 0. The molecule has 3 rings (SSSR count).